The van der Waals surface area contributed by atoms with Gasteiger partial charge in [-0.15, -0.1) is 4.68 Å². The van der Waals surface area contributed by atoms with E-state index in [1.807, 2.05) is 0 Å². The first-order valence-electron chi connectivity index (χ1n) is 3.50. The maximum Gasteiger partial charge on any atom is 0.196 e. The van der Waals surface area contributed by atoms with Crippen LogP contribution in [0.15, 0.2) is 17.3 Å². The standard InChI is InChI=1S/C7H14N2S/c1-4-9-6-5-7(8-9)10(2)3/h5-6,10H,4H2,1-3H3/p+1. The molecule has 0 bridgehead atoms. The third-order valence-corrected chi connectivity index (χ3v) is 2.71. The van der Waals surface area contributed by atoms with Crippen molar-refractivity contribution in [1.82, 2.24) is 5.10 Å². The molecule has 0 spiro atoms. The van der Waals surface area contributed by atoms with Gasteiger partial charge in [0.1, 0.15) is 5.03 Å². The summed E-state index contributed by atoms with van der Waals surface area (Å²) in [5.41, 5.74) is 0. The minimum atomic E-state index is 0.0431. The molecule has 1 aromatic rings. The van der Waals surface area contributed by atoms with Gasteiger partial charge in [0.2, 0.25) is 0 Å². The highest BCUT2D eigenvalue weighted by Gasteiger charge is 2.02. The lowest BCUT2D eigenvalue weighted by Crippen LogP contribution is -2.33. The van der Waals surface area contributed by atoms with Crippen LogP contribution in [0.2, 0.25) is 0 Å². The molecule has 0 aromatic carbocycles. The van der Waals surface area contributed by atoms with Crippen molar-refractivity contribution in [3.05, 3.63) is 12.3 Å². The molecule has 0 radical (unpaired) electrons. The number of nitrogens with one attached hydrogen (secondary N) is 1. The summed E-state index contributed by atoms with van der Waals surface area (Å²) in [7, 11) is 0.0431. The third-order valence-electron chi connectivity index (χ3n) is 1.49. The Bertz CT molecular complexity index is 205. The van der Waals surface area contributed by atoms with Gasteiger partial charge in [0.05, 0.1) is 0 Å². The first-order valence-corrected chi connectivity index (χ1v) is 5.73. The molecule has 0 saturated heterocycles. The van der Waals surface area contributed by atoms with E-state index in [4.69, 9.17) is 0 Å². The average molecular weight is 159 g/mol. The summed E-state index contributed by atoms with van der Waals surface area (Å²) in [6.45, 7) is 3.16. The van der Waals surface area contributed by atoms with Crippen molar-refractivity contribution in [2.24, 2.45) is 0 Å². The van der Waals surface area contributed by atoms with Crippen LogP contribution in [-0.2, 0) is 6.54 Å². The number of hydrogen-bond donors (Lipinski definition) is 2. The summed E-state index contributed by atoms with van der Waals surface area (Å²) in [6.07, 6.45) is 6.60. The summed E-state index contributed by atoms with van der Waals surface area (Å²) in [5.74, 6) is 0. The van der Waals surface area contributed by atoms with Gasteiger partial charge in [0, 0.05) is 6.07 Å². The largest absolute Gasteiger partial charge is 0.213 e. The molecule has 58 valence electrons. The van der Waals surface area contributed by atoms with Crippen LogP contribution < -0.4 is 4.68 Å². The molecule has 0 fully saturated rings. The number of hydrogen-bond acceptors (Lipinski definition) is 0. The smallest absolute Gasteiger partial charge is 0.196 e. The molecule has 0 amide bonds. The van der Waals surface area contributed by atoms with Gasteiger partial charge in [0.25, 0.3) is 0 Å². The Hall–Kier alpha value is -0.440. The molecule has 1 rings (SSSR count). The summed E-state index contributed by atoms with van der Waals surface area (Å²) in [4.78, 5) is 0. The Morgan fingerprint density at radius 2 is 2.30 bits per heavy atom. The normalized spacial score (nSPS) is 11.7. The second-order valence-electron chi connectivity index (χ2n) is 2.49. The molecule has 1 heterocycles. The Labute approximate surface area is 64.6 Å². The lowest BCUT2D eigenvalue weighted by Gasteiger charge is -2.00. The van der Waals surface area contributed by atoms with Gasteiger partial charge in [-0.1, -0.05) is 0 Å². The highest BCUT2D eigenvalue weighted by molar-refractivity contribution is 8.15. The average Bonchev–Trinajstić information content (AvgIpc) is 2.34. The van der Waals surface area contributed by atoms with Crippen LogP contribution in [0.1, 0.15) is 6.92 Å². The second kappa shape index (κ2) is 3.10. The van der Waals surface area contributed by atoms with Crippen LogP contribution in [0.5, 0.6) is 0 Å². The van der Waals surface area contributed by atoms with E-state index in [2.05, 4.69) is 41.5 Å². The van der Waals surface area contributed by atoms with Gasteiger partial charge in [-0.2, -0.15) is 5.10 Å². The SMILES string of the molecule is CC[n+]1ccc([SH](C)C)[nH]1. The van der Waals surface area contributed by atoms with Gasteiger partial charge >= 0.3 is 0 Å². The van der Waals surface area contributed by atoms with E-state index in [1.165, 1.54) is 5.03 Å². The summed E-state index contributed by atoms with van der Waals surface area (Å²) in [5, 5.41) is 4.68. The highest BCUT2D eigenvalue weighted by Crippen LogP contribution is 2.23. The fourth-order valence-corrected chi connectivity index (χ4v) is 1.51. The quantitative estimate of drug-likeness (QED) is 0.473. The molecular weight excluding hydrogens is 144 g/mol. The Balaban J connectivity index is 2.78. The molecule has 3 heteroatoms. The summed E-state index contributed by atoms with van der Waals surface area (Å²) < 4.78 is 2.09. The maximum atomic E-state index is 3.31. The number of aromatic amines is 1. The van der Waals surface area contributed by atoms with E-state index in [0.717, 1.165) is 6.54 Å². The van der Waals surface area contributed by atoms with E-state index in [-0.39, 0.29) is 10.9 Å². The molecule has 10 heavy (non-hydrogen) atoms. The van der Waals surface area contributed by atoms with E-state index >= 15 is 0 Å². The molecule has 0 aliphatic rings. The van der Waals surface area contributed by atoms with Crippen molar-refractivity contribution in [3.8, 4) is 0 Å². The minimum Gasteiger partial charge on any atom is -0.213 e. The van der Waals surface area contributed by atoms with Crippen LogP contribution in [0.3, 0.4) is 0 Å². The second-order valence-corrected chi connectivity index (χ2v) is 4.76. The van der Waals surface area contributed by atoms with Crippen molar-refractivity contribution in [2.75, 3.05) is 12.5 Å². The molecule has 0 unspecified atom stereocenters. The van der Waals surface area contributed by atoms with E-state index < -0.39 is 0 Å². The monoisotopic (exact) mass is 159 g/mol. The van der Waals surface area contributed by atoms with Gasteiger partial charge in [0.15, 0.2) is 12.7 Å². The summed E-state index contributed by atoms with van der Waals surface area (Å²) >= 11 is 0. The topological polar surface area (TPSA) is 19.7 Å². The Morgan fingerprint density at radius 3 is 2.60 bits per heavy atom. The number of thiol groups is 1. The molecule has 0 saturated carbocycles. The lowest BCUT2D eigenvalue weighted by molar-refractivity contribution is -0.749. The lowest BCUT2D eigenvalue weighted by atomic mass is 10.7. The first kappa shape index (κ1) is 7.66. The van der Waals surface area contributed by atoms with Crippen LogP contribution in [0.25, 0.3) is 0 Å². The van der Waals surface area contributed by atoms with Crippen LogP contribution in [0, 0.1) is 0 Å². The van der Waals surface area contributed by atoms with Crippen molar-refractivity contribution in [1.29, 1.82) is 0 Å². The van der Waals surface area contributed by atoms with Crippen molar-refractivity contribution in [2.45, 2.75) is 18.5 Å². The van der Waals surface area contributed by atoms with Gasteiger partial charge < -0.3 is 0 Å². The maximum absolute atomic E-state index is 3.31. The van der Waals surface area contributed by atoms with Crippen LogP contribution in [-0.4, -0.2) is 17.6 Å². The number of aryl methyl sites for hydroxylation is 1. The summed E-state index contributed by atoms with van der Waals surface area (Å²) in [6, 6.07) is 2.16. The number of nitrogens with zero attached hydrogens (tertiary/aromatic N) is 1. The van der Waals surface area contributed by atoms with Crippen LogP contribution in [0.4, 0.5) is 0 Å². The molecule has 0 aliphatic carbocycles. The predicted octanol–water partition coefficient (Wildman–Crippen LogP) is 0.942. The highest BCUT2D eigenvalue weighted by atomic mass is 32.2. The first-order chi connectivity index (χ1) is 4.74. The number of aromatic nitrogens is 2. The molecule has 0 atom stereocenters. The molecule has 0 aliphatic heterocycles. The van der Waals surface area contributed by atoms with Crippen molar-refractivity contribution < 1.29 is 4.68 Å². The Kier molecular flexibility index (Phi) is 2.38. The number of rotatable bonds is 2. The van der Waals surface area contributed by atoms with E-state index in [1.54, 1.807) is 0 Å². The predicted molar refractivity (Wildman–Crippen MR) is 45.8 cm³/mol. The van der Waals surface area contributed by atoms with E-state index in [0.29, 0.717) is 0 Å². The fourth-order valence-electron chi connectivity index (χ4n) is 0.816. The molecular formula is C7H15N2S+. The van der Waals surface area contributed by atoms with Crippen molar-refractivity contribution >= 4 is 10.9 Å². The molecule has 2 nitrogen and oxygen atoms in total. The van der Waals surface area contributed by atoms with Gasteiger partial charge in [-0.3, -0.25) is 0 Å². The Morgan fingerprint density at radius 1 is 1.60 bits per heavy atom. The van der Waals surface area contributed by atoms with Gasteiger partial charge in [-0.05, 0) is 19.4 Å². The van der Waals surface area contributed by atoms with Crippen LogP contribution >= 0.6 is 10.9 Å². The molecule has 1 N–H and O–H groups in total. The fraction of sp³-hybridized carbons (Fsp3) is 0.571. The van der Waals surface area contributed by atoms with Crippen molar-refractivity contribution in [3.63, 3.8) is 0 Å². The van der Waals surface area contributed by atoms with E-state index in [9.17, 15) is 0 Å². The third kappa shape index (κ3) is 1.53. The molecule has 1 aromatic heterocycles. The minimum absolute atomic E-state index is 0.0431. The zero-order chi connectivity index (χ0) is 7.56. The zero-order valence-corrected chi connectivity index (χ0v) is 7.65. The zero-order valence-electron chi connectivity index (χ0n) is 6.76. The number of H-pyrrole nitrogens is 1. The van der Waals surface area contributed by atoms with Gasteiger partial charge in [-0.25, -0.2) is 10.9 Å².